The summed E-state index contributed by atoms with van der Waals surface area (Å²) in [5.74, 6) is -4.26. The Morgan fingerprint density at radius 3 is 1.94 bits per heavy atom. The van der Waals surface area contributed by atoms with Gasteiger partial charge in [-0.25, -0.2) is 4.79 Å². The topological polar surface area (TPSA) is 258 Å². The zero-order valence-electron chi connectivity index (χ0n) is 19.2. The maximum atomic E-state index is 12.7. The summed E-state index contributed by atoms with van der Waals surface area (Å²) in [5, 5.41) is 16.6. The minimum Gasteiger partial charge on any atom is -0.480 e. The highest BCUT2D eigenvalue weighted by atomic mass is 16.4. The van der Waals surface area contributed by atoms with Gasteiger partial charge in [-0.2, -0.15) is 0 Å². The van der Waals surface area contributed by atoms with Crippen LogP contribution in [0.2, 0.25) is 0 Å². The third-order valence-electron chi connectivity index (χ3n) is 4.41. The van der Waals surface area contributed by atoms with Crippen molar-refractivity contribution in [3.8, 4) is 0 Å². The summed E-state index contributed by atoms with van der Waals surface area (Å²) in [6.07, 6.45) is 0.227. The van der Waals surface area contributed by atoms with E-state index in [0.29, 0.717) is 6.42 Å². The molecule has 0 saturated heterocycles. The number of primary amides is 1. The van der Waals surface area contributed by atoms with Crippen molar-refractivity contribution >= 4 is 35.6 Å². The molecule has 0 spiro atoms. The summed E-state index contributed by atoms with van der Waals surface area (Å²) in [6, 6.07) is -4.55. The molecule has 4 unspecified atom stereocenters. The van der Waals surface area contributed by atoms with Crippen LogP contribution in [-0.2, 0) is 24.0 Å². The Hall–Kier alpha value is -3.42. The number of nitrogens with two attached hydrogens (primary N) is 4. The zero-order valence-corrected chi connectivity index (χ0v) is 19.2. The second-order valence-corrected chi connectivity index (χ2v) is 8.05. The van der Waals surface area contributed by atoms with Crippen LogP contribution in [0.15, 0.2) is 4.99 Å². The number of hydrogen-bond donors (Lipinski definition) is 8. The number of aliphatic carboxylic acids is 1. The molecule has 0 bridgehead atoms. The van der Waals surface area contributed by atoms with E-state index >= 15 is 0 Å². The molecule has 0 saturated carbocycles. The van der Waals surface area contributed by atoms with Gasteiger partial charge in [0, 0.05) is 6.54 Å². The molecule has 4 atom stereocenters. The summed E-state index contributed by atoms with van der Waals surface area (Å²) in [6.45, 7) is 5.22. The molecule has 0 aromatic heterocycles. The predicted octanol–water partition coefficient (Wildman–Crippen LogP) is -3.15. The number of amides is 4. The lowest BCUT2D eigenvalue weighted by molar-refractivity contribution is -0.142. The van der Waals surface area contributed by atoms with Crippen molar-refractivity contribution in [2.75, 3.05) is 6.54 Å². The van der Waals surface area contributed by atoms with E-state index in [1.807, 2.05) is 13.8 Å². The molecule has 0 aliphatic rings. The third-order valence-corrected chi connectivity index (χ3v) is 4.41. The second-order valence-electron chi connectivity index (χ2n) is 8.05. The lowest BCUT2D eigenvalue weighted by Crippen LogP contribution is -2.56. The Bertz CT molecular complexity index is 738. The second kappa shape index (κ2) is 14.6. The van der Waals surface area contributed by atoms with E-state index in [9.17, 15) is 29.1 Å². The van der Waals surface area contributed by atoms with E-state index in [1.54, 1.807) is 0 Å². The number of nitrogens with one attached hydrogen (secondary N) is 3. The summed E-state index contributed by atoms with van der Waals surface area (Å²) in [5.41, 5.74) is 21.1. The van der Waals surface area contributed by atoms with Crippen LogP contribution < -0.4 is 38.9 Å². The van der Waals surface area contributed by atoms with Crippen LogP contribution in [0.25, 0.3) is 0 Å². The molecule has 0 heterocycles. The van der Waals surface area contributed by atoms with Crippen molar-refractivity contribution in [3.05, 3.63) is 0 Å². The normalized spacial score (nSPS) is 14.3. The Labute approximate surface area is 192 Å². The van der Waals surface area contributed by atoms with Crippen molar-refractivity contribution < 1.29 is 29.1 Å². The van der Waals surface area contributed by atoms with Crippen molar-refractivity contribution in [3.63, 3.8) is 0 Å². The van der Waals surface area contributed by atoms with E-state index in [2.05, 4.69) is 20.9 Å². The molecule has 0 aliphatic heterocycles. The van der Waals surface area contributed by atoms with Crippen LogP contribution in [-0.4, -0.2) is 71.4 Å². The molecule has 4 amide bonds. The molecule has 0 fully saturated rings. The van der Waals surface area contributed by atoms with Gasteiger partial charge in [-0.3, -0.25) is 24.2 Å². The molecule has 0 aliphatic carbocycles. The van der Waals surface area contributed by atoms with Crippen LogP contribution in [0.4, 0.5) is 0 Å². The Morgan fingerprint density at radius 1 is 0.879 bits per heavy atom. The fourth-order valence-electron chi connectivity index (χ4n) is 2.73. The van der Waals surface area contributed by atoms with E-state index in [0.717, 1.165) is 0 Å². The van der Waals surface area contributed by atoms with Gasteiger partial charge in [-0.1, -0.05) is 13.8 Å². The molecule has 0 radical (unpaired) electrons. The highest BCUT2D eigenvalue weighted by molar-refractivity contribution is 5.94. The van der Waals surface area contributed by atoms with Crippen LogP contribution in [0.5, 0.6) is 0 Å². The van der Waals surface area contributed by atoms with Crippen molar-refractivity contribution in [2.24, 2.45) is 33.8 Å². The molecule has 14 nitrogen and oxygen atoms in total. The molecule has 0 aromatic carbocycles. The van der Waals surface area contributed by atoms with Gasteiger partial charge in [0.05, 0.1) is 12.5 Å². The Balaban J connectivity index is 5.03. The molecular formula is C19H36N8O6. The van der Waals surface area contributed by atoms with Crippen LogP contribution in [0.1, 0.15) is 46.5 Å². The van der Waals surface area contributed by atoms with Crippen molar-refractivity contribution in [1.29, 1.82) is 0 Å². The lowest BCUT2D eigenvalue weighted by atomic mass is 10.0. The first-order valence-corrected chi connectivity index (χ1v) is 10.5. The van der Waals surface area contributed by atoms with Gasteiger partial charge in [0.2, 0.25) is 23.6 Å². The van der Waals surface area contributed by atoms with E-state index < -0.39 is 53.8 Å². The zero-order chi connectivity index (χ0) is 25.7. The Kier molecular flexibility index (Phi) is 13.1. The molecule has 33 heavy (non-hydrogen) atoms. The number of aliphatic imine (C=N–C) groups is 1. The number of hydrogen-bond acceptors (Lipinski definition) is 7. The van der Waals surface area contributed by atoms with Gasteiger partial charge in [0.1, 0.15) is 18.1 Å². The van der Waals surface area contributed by atoms with Crippen molar-refractivity contribution in [2.45, 2.75) is 70.6 Å². The SMILES string of the molecule is CC(C)CC(NC(=O)C(N)CC(N)=O)C(=O)NC(C)C(=O)NC(CCCN=C(N)N)C(=O)O. The number of carboxylic acid groups (broad SMARTS) is 1. The number of carbonyl (C=O) groups is 5. The van der Waals surface area contributed by atoms with E-state index in [1.165, 1.54) is 6.92 Å². The van der Waals surface area contributed by atoms with Gasteiger partial charge in [0.25, 0.3) is 0 Å². The van der Waals surface area contributed by atoms with Gasteiger partial charge in [-0.05, 0) is 32.1 Å². The average Bonchev–Trinajstić information content (AvgIpc) is 2.67. The highest BCUT2D eigenvalue weighted by Crippen LogP contribution is 2.07. The first-order chi connectivity index (χ1) is 15.2. The maximum Gasteiger partial charge on any atom is 0.326 e. The fourth-order valence-corrected chi connectivity index (χ4v) is 2.73. The minimum atomic E-state index is -1.25. The maximum absolute atomic E-state index is 12.7. The largest absolute Gasteiger partial charge is 0.480 e. The first kappa shape index (κ1) is 29.6. The summed E-state index contributed by atoms with van der Waals surface area (Å²) >= 11 is 0. The van der Waals surface area contributed by atoms with Crippen LogP contribution in [0.3, 0.4) is 0 Å². The highest BCUT2D eigenvalue weighted by Gasteiger charge is 2.29. The van der Waals surface area contributed by atoms with Crippen molar-refractivity contribution in [1.82, 2.24) is 16.0 Å². The quantitative estimate of drug-likeness (QED) is 0.0678. The average molecular weight is 473 g/mol. The third kappa shape index (κ3) is 12.9. The molecule has 0 aromatic rings. The van der Waals surface area contributed by atoms with Gasteiger partial charge in [0.15, 0.2) is 5.96 Å². The van der Waals surface area contributed by atoms with Gasteiger partial charge < -0.3 is 44.0 Å². The molecule has 14 heteroatoms. The minimum absolute atomic E-state index is 0.000782. The van der Waals surface area contributed by atoms with Crippen LogP contribution >= 0.6 is 0 Å². The number of nitrogens with zero attached hydrogens (tertiary/aromatic N) is 1. The first-order valence-electron chi connectivity index (χ1n) is 10.5. The van der Waals surface area contributed by atoms with E-state index in [-0.39, 0.29) is 37.7 Å². The molecule has 188 valence electrons. The summed E-state index contributed by atoms with van der Waals surface area (Å²) in [4.78, 5) is 63.4. The lowest BCUT2D eigenvalue weighted by Gasteiger charge is -2.24. The van der Waals surface area contributed by atoms with Gasteiger partial charge >= 0.3 is 5.97 Å². The summed E-state index contributed by atoms with van der Waals surface area (Å²) < 4.78 is 0. The van der Waals surface area contributed by atoms with Gasteiger partial charge in [-0.15, -0.1) is 0 Å². The van der Waals surface area contributed by atoms with E-state index in [4.69, 9.17) is 22.9 Å². The summed E-state index contributed by atoms with van der Waals surface area (Å²) in [7, 11) is 0. The molecule has 12 N–H and O–H groups in total. The monoisotopic (exact) mass is 472 g/mol. The predicted molar refractivity (Wildman–Crippen MR) is 120 cm³/mol. The Morgan fingerprint density at radius 2 is 1.45 bits per heavy atom. The fraction of sp³-hybridized carbons (Fsp3) is 0.684. The standard InChI is InChI=1S/C19H36N8O6/c1-9(2)7-13(27-16(30)11(20)8-14(21)28)17(31)25-10(3)15(29)26-12(18(32)33)5-4-6-24-19(22)23/h9-13H,4-8,20H2,1-3H3,(H2,21,28)(H,25,31)(H,26,29)(H,27,30)(H,32,33)(H4,22,23,24). The number of carbonyl (C=O) groups excluding carboxylic acids is 4. The smallest absolute Gasteiger partial charge is 0.326 e. The number of rotatable bonds is 15. The number of carboxylic acids is 1. The van der Waals surface area contributed by atoms with Crippen LogP contribution in [0, 0.1) is 5.92 Å². The molecule has 0 rings (SSSR count). The number of guanidine groups is 1. The molecular weight excluding hydrogens is 436 g/mol.